The van der Waals surface area contributed by atoms with Crippen LogP contribution < -0.4 is 4.74 Å². The molecule has 4 nitrogen and oxygen atoms in total. The molecule has 0 saturated heterocycles. The molecule has 112 valence electrons. The Morgan fingerprint density at radius 3 is 2.39 bits per heavy atom. The maximum atomic E-state index is 5.34. The van der Waals surface area contributed by atoms with Gasteiger partial charge in [0.2, 0.25) is 5.95 Å². The van der Waals surface area contributed by atoms with Gasteiger partial charge in [-0.05, 0) is 35.9 Å². The van der Waals surface area contributed by atoms with Crippen molar-refractivity contribution < 1.29 is 4.74 Å². The van der Waals surface area contributed by atoms with Crippen molar-refractivity contribution in [3.05, 3.63) is 73.1 Å². The molecule has 23 heavy (non-hydrogen) atoms. The van der Waals surface area contributed by atoms with Crippen molar-refractivity contribution in [1.29, 1.82) is 0 Å². The minimum atomic E-state index is 0.659. The maximum Gasteiger partial charge on any atom is 0.234 e. The largest absolute Gasteiger partial charge is 0.497 e. The Morgan fingerprint density at radius 2 is 1.65 bits per heavy atom. The molecule has 0 aliphatic heterocycles. The second-order valence-electron chi connectivity index (χ2n) is 5.20. The number of methoxy groups -OCH3 is 1. The number of hydrogen-bond donors (Lipinski definition) is 0. The van der Waals surface area contributed by atoms with Gasteiger partial charge in [0.05, 0.1) is 18.3 Å². The van der Waals surface area contributed by atoms with Gasteiger partial charge in [-0.1, -0.05) is 30.3 Å². The Labute approximate surface area is 134 Å². The lowest BCUT2D eigenvalue weighted by atomic mass is 10.1. The third-order valence-corrected chi connectivity index (χ3v) is 3.83. The van der Waals surface area contributed by atoms with Crippen LogP contribution >= 0.6 is 0 Å². The fourth-order valence-electron chi connectivity index (χ4n) is 2.76. The maximum absolute atomic E-state index is 5.34. The van der Waals surface area contributed by atoms with Gasteiger partial charge in [-0.15, -0.1) is 0 Å². The first-order valence-electron chi connectivity index (χ1n) is 7.39. The summed E-state index contributed by atoms with van der Waals surface area (Å²) in [4.78, 5) is 8.84. The fraction of sp³-hybridized carbons (Fsp3) is 0.0526. The number of aromatic nitrogens is 3. The highest BCUT2D eigenvalue weighted by Gasteiger charge is 2.14. The van der Waals surface area contributed by atoms with E-state index in [0.717, 1.165) is 27.9 Å². The van der Waals surface area contributed by atoms with Crippen molar-refractivity contribution in [1.82, 2.24) is 14.5 Å². The van der Waals surface area contributed by atoms with Gasteiger partial charge in [-0.2, -0.15) is 0 Å². The number of ether oxygens (including phenoxy) is 1. The lowest BCUT2D eigenvalue weighted by Gasteiger charge is -2.09. The summed E-state index contributed by atoms with van der Waals surface area (Å²) >= 11 is 0. The van der Waals surface area contributed by atoms with Crippen molar-refractivity contribution >= 4 is 10.9 Å². The number of nitrogens with zero attached hydrogens (tertiary/aromatic N) is 3. The third kappa shape index (κ3) is 2.34. The molecule has 0 spiro atoms. The first-order chi connectivity index (χ1) is 11.4. The molecule has 4 aromatic rings. The van der Waals surface area contributed by atoms with Crippen LogP contribution in [0.1, 0.15) is 0 Å². The van der Waals surface area contributed by atoms with Gasteiger partial charge in [0.15, 0.2) is 0 Å². The van der Waals surface area contributed by atoms with Crippen LogP contribution in [0.15, 0.2) is 73.1 Å². The molecule has 0 saturated carbocycles. The Bertz CT molecular complexity index is 946. The lowest BCUT2D eigenvalue weighted by molar-refractivity contribution is 0.415. The Balaban J connectivity index is 2.04. The summed E-state index contributed by atoms with van der Waals surface area (Å²) < 4.78 is 7.42. The first-order valence-corrected chi connectivity index (χ1v) is 7.39. The van der Waals surface area contributed by atoms with E-state index in [1.165, 1.54) is 0 Å². The van der Waals surface area contributed by atoms with E-state index in [4.69, 9.17) is 4.74 Å². The topological polar surface area (TPSA) is 39.9 Å². The van der Waals surface area contributed by atoms with Gasteiger partial charge in [0.1, 0.15) is 5.75 Å². The molecule has 0 aliphatic rings. The first kappa shape index (κ1) is 13.5. The van der Waals surface area contributed by atoms with Crippen molar-refractivity contribution in [3.8, 4) is 23.0 Å². The van der Waals surface area contributed by atoms with Crippen LogP contribution in [-0.2, 0) is 0 Å². The Hall–Kier alpha value is -3.14. The van der Waals surface area contributed by atoms with Gasteiger partial charge in [0.25, 0.3) is 0 Å². The molecule has 2 heterocycles. The molecule has 0 N–H and O–H groups in total. The molecule has 0 unspecified atom stereocenters. The molecule has 0 atom stereocenters. The smallest absolute Gasteiger partial charge is 0.234 e. The van der Waals surface area contributed by atoms with E-state index >= 15 is 0 Å². The summed E-state index contributed by atoms with van der Waals surface area (Å²) in [6.45, 7) is 0. The van der Waals surface area contributed by atoms with Gasteiger partial charge in [-0.25, -0.2) is 9.97 Å². The third-order valence-electron chi connectivity index (χ3n) is 3.83. The molecule has 0 bridgehead atoms. The van der Waals surface area contributed by atoms with Gasteiger partial charge >= 0.3 is 0 Å². The van der Waals surface area contributed by atoms with E-state index in [1.807, 2.05) is 42.5 Å². The van der Waals surface area contributed by atoms with Crippen molar-refractivity contribution in [2.75, 3.05) is 7.11 Å². The van der Waals surface area contributed by atoms with Crippen LogP contribution in [0.2, 0.25) is 0 Å². The number of benzene rings is 2. The van der Waals surface area contributed by atoms with E-state index in [9.17, 15) is 0 Å². The number of fused-ring (bicyclic) bond motifs is 1. The minimum Gasteiger partial charge on any atom is -0.497 e. The van der Waals surface area contributed by atoms with E-state index in [1.54, 1.807) is 19.5 Å². The summed E-state index contributed by atoms with van der Waals surface area (Å²) in [5, 5.41) is 1.09. The Kier molecular flexibility index (Phi) is 3.27. The fourth-order valence-corrected chi connectivity index (χ4v) is 2.76. The van der Waals surface area contributed by atoms with Crippen LogP contribution in [0.3, 0.4) is 0 Å². The van der Waals surface area contributed by atoms with E-state index in [-0.39, 0.29) is 0 Å². The summed E-state index contributed by atoms with van der Waals surface area (Å²) in [7, 11) is 1.68. The van der Waals surface area contributed by atoms with Crippen LogP contribution in [-0.4, -0.2) is 21.6 Å². The summed E-state index contributed by atoms with van der Waals surface area (Å²) in [5.74, 6) is 1.50. The zero-order chi connectivity index (χ0) is 15.6. The quantitative estimate of drug-likeness (QED) is 0.572. The highest BCUT2D eigenvalue weighted by Crippen LogP contribution is 2.32. The molecule has 0 aliphatic carbocycles. The van der Waals surface area contributed by atoms with E-state index in [2.05, 4.69) is 32.7 Å². The van der Waals surface area contributed by atoms with Crippen molar-refractivity contribution in [2.45, 2.75) is 0 Å². The average molecular weight is 301 g/mol. The molecule has 2 aromatic carbocycles. The van der Waals surface area contributed by atoms with Gasteiger partial charge < -0.3 is 4.74 Å². The predicted octanol–water partition coefficient (Wildman–Crippen LogP) is 4.10. The van der Waals surface area contributed by atoms with Crippen LogP contribution in [0.25, 0.3) is 28.1 Å². The second-order valence-corrected chi connectivity index (χ2v) is 5.20. The van der Waals surface area contributed by atoms with Crippen LogP contribution in [0.5, 0.6) is 5.75 Å². The SMILES string of the molecule is COc1ccc2c(c1)cc(-c1ccccc1)n2-c1ncccn1. The summed E-state index contributed by atoms with van der Waals surface area (Å²) in [6.07, 6.45) is 3.51. The molecule has 4 heteroatoms. The molecular weight excluding hydrogens is 286 g/mol. The standard InChI is InChI=1S/C19H15N3O/c1-23-16-8-9-17-15(12-16)13-18(14-6-3-2-4-7-14)22(17)19-20-10-5-11-21-19/h2-13H,1H3. The Morgan fingerprint density at radius 1 is 0.870 bits per heavy atom. The van der Waals surface area contributed by atoms with Gasteiger partial charge in [0, 0.05) is 17.8 Å². The zero-order valence-corrected chi connectivity index (χ0v) is 12.7. The second kappa shape index (κ2) is 5.57. The van der Waals surface area contributed by atoms with E-state index in [0.29, 0.717) is 5.95 Å². The minimum absolute atomic E-state index is 0.659. The van der Waals surface area contributed by atoms with Crippen molar-refractivity contribution in [3.63, 3.8) is 0 Å². The molecular formula is C19H15N3O. The number of rotatable bonds is 3. The molecule has 2 aromatic heterocycles. The number of hydrogen-bond acceptors (Lipinski definition) is 3. The summed E-state index contributed by atoms with van der Waals surface area (Å²) in [5.41, 5.74) is 3.23. The molecule has 0 fully saturated rings. The highest BCUT2D eigenvalue weighted by atomic mass is 16.5. The monoisotopic (exact) mass is 301 g/mol. The lowest BCUT2D eigenvalue weighted by Crippen LogP contribution is -2.01. The van der Waals surface area contributed by atoms with Crippen LogP contribution in [0.4, 0.5) is 0 Å². The molecule has 0 radical (unpaired) electrons. The normalized spacial score (nSPS) is 10.8. The van der Waals surface area contributed by atoms with Crippen LogP contribution in [0, 0.1) is 0 Å². The summed E-state index contributed by atoms with van der Waals surface area (Å²) in [6, 6.07) is 20.2. The molecule has 0 amide bonds. The average Bonchev–Trinajstić information content (AvgIpc) is 3.01. The zero-order valence-electron chi connectivity index (χ0n) is 12.7. The van der Waals surface area contributed by atoms with Gasteiger partial charge in [-0.3, -0.25) is 4.57 Å². The predicted molar refractivity (Wildman–Crippen MR) is 90.9 cm³/mol. The van der Waals surface area contributed by atoms with E-state index < -0.39 is 0 Å². The highest BCUT2D eigenvalue weighted by molar-refractivity contribution is 5.89. The van der Waals surface area contributed by atoms with Crippen molar-refractivity contribution in [2.24, 2.45) is 0 Å². The molecule has 4 rings (SSSR count).